The Bertz CT molecular complexity index is 519. The molecule has 1 atom stereocenters. The van der Waals surface area contributed by atoms with Crippen molar-refractivity contribution in [1.82, 2.24) is 9.62 Å². The SMILES string of the molecule is CNCC1CCCN1S(=O)(=O)c1cccc(F)c1. The number of sulfonamides is 1. The van der Waals surface area contributed by atoms with Crippen LogP contribution in [0.25, 0.3) is 0 Å². The summed E-state index contributed by atoms with van der Waals surface area (Å²) in [6, 6.07) is 5.14. The van der Waals surface area contributed by atoms with Gasteiger partial charge in [0.25, 0.3) is 0 Å². The van der Waals surface area contributed by atoms with Crippen molar-refractivity contribution >= 4 is 10.0 Å². The van der Waals surface area contributed by atoms with Gasteiger partial charge in [-0.15, -0.1) is 0 Å². The van der Waals surface area contributed by atoms with Gasteiger partial charge < -0.3 is 5.32 Å². The topological polar surface area (TPSA) is 49.4 Å². The van der Waals surface area contributed by atoms with E-state index in [-0.39, 0.29) is 10.9 Å². The van der Waals surface area contributed by atoms with Crippen molar-refractivity contribution in [2.75, 3.05) is 20.1 Å². The second-order valence-electron chi connectivity index (χ2n) is 4.43. The Morgan fingerprint density at radius 1 is 1.50 bits per heavy atom. The minimum atomic E-state index is -3.58. The molecule has 1 N–H and O–H groups in total. The van der Waals surface area contributed by atoms with Crippen LogP contribution in [0.4, 0.5) is 4.39 Å². The molecule has 2 rings (SSSR count). The maximum Gasteiger partial charge on any atom is 0.243 e. The van der Waals surface area contributed by atoms with Crippen LogP contribution in [0.1, 0.15) is 12.8 Å². The first-order valence-electron chi connectivity index (χ1n) is 5.97. The quantitative estimate of drug-likeness (QED) is 0.896. The number of likely N-dealkylation sites (N-methyl/N-ethyl adjacent to an activating group) is 1. The van der Waals surface area contributed by atoms with Gasteiger partial charge in [0.1, 0.15) is 5.82 Å². The molecule has 0 spiro atoms. The highest BCUT2D eigenvalue weighted by Gasteiger charge is 2.34. The van der Waals surface area contributed by atoms with Gasteiger partial charge in [-0.25, -0.2) is 12.8 Å². The lowest BCUT2D eigenvalue weighted by atomic mass is 10.2. The van der Waals surface area contributed by atoms with Gasteiger partial charge in [-0.05, 0) is 38.1 Å². The van der Waals surface area contributed by atoms with Gasteiger partial charge >= 0.3 is 0 Å². The van der Waals surface area contributed by atoms with E-state index in [9.17, 15) is 12.8 Å². The van der Waals surface area contributed by atoms with Crippen LogP contribution < -0.4 is 5.32 Å². The van der Waals surface area contributed by atoms with Crippen LogP contribution in [-0.2, 0) is 10.0 Å². The molecule has 0 bridgehead atoms. The summed E-state index contributed by atoms with van der Waals surface area (Å²) in [5.41, 5.74) is 0. The maximum atomic E-state index is 13.1. The monoisotopic (exact) mass is 272 g/mol. The third-order valence-electron chi connectivity index (χ3n) is 3.17. The van der Waals surface area contributed by atoms with E-state index in [2.05, 4.69) is 5.32 Å². The van der Waals surface area contributed by atoms with Gasteiger partial charge in [-0.3, -0.25) is 0 Å². The van der Waals surface area contributed by atoms with Crippen molar-refractivity contribution in [2.24, 2.45) is 0 Å². The Morgan fingerprint density at radius 2 is 2.28 bits per heavy atom. The fraction of sp³-hybridized carbons (Fsp3) is 0.500. The minimum absolute atomic E-state index is 0.0329. The molecule has 1 aromatic rings. The van der Waals surface area contributed by atoms with E-state index in [0.717, 1.165) is 18.9 Å². The van der Waals surface area contributed by atoms with Crippen molar-refractivity contribution < 1.29 is 12.8 Å². The average Bonchev–Trinajstić information content (AvgIpc) is 2.78. The van der Waals surface area contributed by atoms with E-state index in [1.165, 1.54) is 22.5 Å². The smallest absolute Gasteiger partial charge is 0.243 e. The molecule has 4 nitrogen and oxygen atoms in total. The molecule has 18 heavy (non-hydrogen) atoms. The molecule has 0 radical (unpaired) electrons. The van der Waals surface area contributed by atoms with E-state index >= 15 is 0 Å². The van der Waals surface area contributed by atoms with Crippen LogP contribution in [-0.4, -0.2) is 38.9 Å². The molecular weight excluding hydrogens is 255 g/mol. The molecule has 1 unspecified atom stereocenters. The van der Waals surface area contributed by atoms with Crippen LogP contribution in [0, 0.1) is 5.82 Å². The minimum Gasteiger partial charge on any atom is -0.318 e. The standard InChI is InChI=1S/C12H17FN2O2S/c1-14-9-11-5-3-7-15(11)18(16,17)12-6-2-4-10(13)8-12/h2,4,6,8,11,14H,3,5,7,9H2,1H3. The van der Waals surface area contributed by atoms with Gasteiger partial charge in [0.15, 0.2) is 0 Å². The summed E-state index contributed by atoms with van der Waals surface area (Å²) in [6.45, 7) is 1.12. The van der Waals surface area contributed by atoms with Crippen molar-refractivity contribution in [1.29, 1.82) is 0 Å². The number of nitrogens with zero attached hydrogens (tertiary/aromatic N) is 1. The predicted octanol–water partition coefficient (Wildman–Crippen LogP) is 1.20. The lowest BCUT2D eigenvalue weighted by Crippen LogP contribution is -2.40. The molecule has 1 heterocycles. The third-order valence-corrected chi connectivity index (χ3v) is 5.11. The zero-order valence-corrected chi connectivity index (χ0v) is 11.1. The number of rotatable bonds is 4. The summed E-state index contributed by atoms with van der Waals surface area (Å²) < 4.78 is 39.4. The highest BCUT2D eigenvalue weighted by atomic mass is 32.2. The Morgan fingerprint density at radius 3 is 2.94 bits per heavy atom. The van der Waals surface area contributed by atoms with Crippen LogP contribution in [0.5, 0.6) is 0 Å². The van der Waals surface area contributed by atoms with Crippen molar-refractivity contribution in [3.05, 3.63) is 30.1 Å². The van der Waals surface area contributed by atoms with Crippen LogP contribution in [0.15, 0.2) is 29.2 Å². The fourth-order valence-electron chi connectivity index (χ4n) is 2.33. The van der Waals surface area contributed by atoms with Crippen molar-refractivity contribution in [2.45, 2.75) is 23.8 Å². The molecule has 0 aromatic heterocycles. The van der Waals surface area contributed by atoms with E-state index in [0.29, 0.717) is 13.1 Å². The molecule has 1 fully saturated rings. The lowest BCUT2D eigenvalue weighted by molar-refractivity contribution is 0.379. The number of hydrogen-bond acceptors (Lipinski definition) is 3. The number of benzene rings is 1. The fourth-order valence-corrected chi connectivity index (χ4v) is 4.05. The zero-order valence-electron chi connectivity index (χ0n) is 10.3. The Hall–Kier alpha value is -0.980. The van der Waals surface area contributed by atoms with Gasteiger partial charge in [0.2, 0.25) is 10.0 Å². The first kappa shape index (κ1) is 13.5. The molecule has 100 valence electrons. The summed E-state index contributed by atoms with van der Waals surface area (Å²) in [6.07, 6.45) is 1.69. The van der Waals surface area contributed by atoms with Gasteiger partial charge in [0.05, 0.1) is 4.90 Å². The highest BCUT2D eigenvalue weighted by molar-refractivity contribution is 7.89. The number of nitrogens with one attached hydrogen (secondary N) is 1. The van der Waals surface area contributed by atoms with E-state index in [4.69, 9.17) is 0 Å². The van der Waals surface area contributed by atoms with Crippen molar-refractivity contribution in [3.63, 3.8) is 0 Å². The second-order valence-corrected chi connectivity index (χ2v) is 6.32. The third kappa shape index (κ3) is 2.55. The van der Waals surface area contributed by atoms with Gasteiger partial charge in [-0.1, -0.05) is 6.07 Å². The first-order chi connectivity index (χ1) is 8.55. The molecule has 1 aliphatic heterocycles. The predicted molar refractivity (Wildman–Crippen MR) is 67.2 cm³/mol. The Balaban J connectivity index is 2.30. The lowest BCUT2D eigenvalue weighted by Gasteiger charge is -2.23. The van der Waals surface area contributed by atoms with E-state index in [1.807, 2.05) is 0 Å². The molecule has 0 amide bonds. The molecule has 6 heteroatoms. The second kappa shape index (κ2) is 5.34. The first-order valence-corrected chi connectivity index (χ1v) is 7.41. The Labute approximate surface area is 107 Å². The Kier molecular flexibility index (Phi) is 3.99. The van der Waals surface area contributed by atoms with Crippen LogP contribution in [0.3, 0.4) is 0 Å². The molecule has 0 aliphatic carbocycles. The highest BCUT2D eigenvalue weighted by Crippen LogP contribution is 2.25. The average molecular weight is 272 g/mol. The number of halogens is 1. The maximum absolute atomic E-state index is 13.1. The van der Waals surface area contributed by atoms with E-state index in [1.54, 1.807) is 7.05 Å². The van der Waals surface area contributed by atoms with Gasteiger partial charge in [0, 0.05) is 19.1 Å². The van der Waals surface area contributed by atoms with Gasteiger partial charge in [-0.2, -0.15) is 4.31 Å². The summed E-state index contributed by atoms with van der Waals surface area (Å²) in [5, 5.41) is 2.99. The van der Waals surface area contributed by atoms with Crippen molar-refractivity contribution in [3.8, 4) is 0 Å². The summed E-state index contributed by atoms with van der Waals surface area (Å²) in [4.78, 5) is 0.0329. The van der Waals surface area contributed by atoms with Crippen LogP contribution in [0.2, 0.25) is 0 Å². The molecule has 1 aromatic carbocycles. The molecular formula is C12H17FN2O2S. The normalized spacial score (nSPS) is 21.3. The molecule has 1 aliphatic rings. The summed E-state index contributed by atoms with van der Waals surface area (Å²) in [7, 11) is -1.78. The number of hydrogen-bond donors (Lipinski definition) is 1. The largest absolute Gasteiger partial charge is 0.318 e. The van der Waals surface area contributed by atoms with Crippen LogP contribution >= 0.6 is 0 Å². The zero-order chi connectivity index (χ0) is 13.2. The summed E-state index contributed by atoms with van der Waals surface area (Å²) >= 11 is 0. The molecule has 0 saturated carbocycles. The van der Waals surface area contributed by atoms with E-state index < -0.39 is 15.8 Å². The summed E-state index contributed by atoms with van der Waals surface area (Å²) in [5.74, 6) is -0.527. The molecule has 1 saturated heterocycles.